The van der Waals surface area contributed by atoms with Crippen molar-refractivity contribution in [3.8, 4) is 5.69 Å². The van der Waals surface area contributed by atoms with Crippen LogP contribution in [-0.4, -0.2) is 22.0 Å². The van der Waals surface area contributed by atoms with Gasteiger partial charge in [-0.15, -0.1) is 0 Å². The van der Waals surface area contributed by atoms with Gasteiger partial charge in [0.2, 0.25) is 0 Å². The lowest BCUT2D eigenvalue weighted by molar-refractivity contribution is 0.0947. The Morgan fingerprint density at radius 3 is 2.78 bits per heavy atom. The lowest BCUT2D eigenvalue weighted by Gasteiger charge is -2.08. The van der Waals surface area contributed by atoms with E-state index in [-0.39, 0.29) is 5.91 Å². The summed E-state index contributed by atoms with van der Waals surface area (Å²) in [5, 5.41) is 2.85. The Bertz CT molecular complexity index is 586. The van der Waals surface area contributed by atoms with Crippen LogP contribution in [-0.2, 0) is 0 Å². The fourth-order valence-corrected chi connectivity index (χ4v) is 1.96. The number of aromatic nitrogens is 2. The Morgan fingerprint density at radius 2 is 2.11 bits per heavy atom. The summed E-state index contributed by atoms with van der Waals surface area (Å²) in [6.45, 7) is 2.67. The van der Waals surface area contributed by atoms with Crippen LogP contribution >= 0.6 is 12.2 Å². The minimum Gasteiger partial charge on any atom is -0.351 e. The van der Waals surface area contributed by atoms with Crippen LogP contribution in [0.15, 0.2) is 36.5 Å². The van der Waals surface area contributed by atoms with Gasteiger partial charge in [0.1, 0.15) is 5.69 Å². The maximum absolute atomic E-state index is 12.0. The number of rotatable bonds is 4. The van der Waals surface area contributed by atoms with Gasteiger partial charge in [-0.05, 0) is 30.8 Å². The molecule has 1 amide bonds. The van der Waals surface area contributed by atoms with E-state index in [2.05, 4.69) is 10.3 Å². The lowest BCUT2D eigenvalue weighted by atomic mass is 10.3. The molecule has 1 heterocycles. The molecule has 0 saturated heterocycles. The number of nitrogens with zero attached hydrogens (tertiary/aromatic N) is 1. The third-order valence-electron chi connectivity index (χ3n) is 2.56. The molecule has 2 rings (SSSR count). The van der Waals surface area contributed by atoms with Crippen molar-refractivity contribution in [3.63, 3.8) is 0 Å². The molecular weight excluding hydrogens is 246 g/mol. The van der Waals surface area contributed by atoms with E-state index in [1.807, 2.05) is 37.3 Å². The van der Waals surface area contributed by atoms with Gasteiger partial charge in [-0.3, -0.25) is 9.36 Å². The summed E-state index contributed by atoms with van der Waals surface area (Å²) in [6, 6.07) is 9.59. The lowest BCUT2D eigenvalue weighted by Crippen LogP contribution is -2.26. The quantitative estimate of drug-likeness (QED) is 0.831. The summed E-state index contributed by atoms with van der Waals surface area (Å²) < 4.78 is 2.25. The van der Waals surface area contributed by atoms with E-state index in [0.29, 0.717) is 17.0 Å². The van der Waals surface area contributed by atoms with Crippen LogP contribution in [0.3, 0.4) is 0 Å². The highest BCUT2D eigenvalue weighted by Gasteiger charge is 2.13. The van der Waals surface area contributed by atoms with Gasteiger partial charge in [0.15, 0.2) is 4.77 Å². The molecule has 0 fully saturated rings. The Kier molecular flexibility index (Phi) is 3.94. The van der Waals surface area contributed by atoms with Crippen molar-refractivity contribution in [2.45, 2.75) is 13.3 Å². The van der Waals surface area contributed by atoms with Crippen LogP contribution in [0, 0.1) is 4.77 Å². The van der Waals surface area contributed by atoms with Crippen molar-refractivity contribution in [1.82, 2.24) is 14.9 Å². The number of benzene rings is 1. The molecule has 0 spiro atoms. The van der Waals surface area contributed by atoms with Crippen LogP contribution in [0.2, 0.25) is 0 Å². The number of imidazole rings is 1. The molecule has 0 saturated carbocycles. The number of hydrogen-bond acceptors (Lipinski definition) is 2. The first kappa shape index (κ1) is 12.6. The molecular formula is C13H15N3OS. The number of nitrogens with one attached hydrogen (secondary N) is 2. The summed E-state index contributed by atoms with van der Waals surface area (Å²) in [4.78, 5) is 14.9. The van der Waals surface area contributed by atoms with Crippen molar-refractivity contribution < 1.29 is 4.79 Å². The minimum absolute atomic E-state index is 0.118. The summed E-state index contributed by atoms with van der Waals surface area (Å²) in [5.74, 6) is -0.118. The van der Waals surface area contributed by atoms with E-state index in [0.717, 1.165) is 12.1 Å². The monoisotopic (exact) mass is 261 g/mol. The average molecular weight is 261 g/mol. The second-order valence-electron chi connectivity index (χ2n) is 3.91. The fourth-order valence-electron chi connectivity index (χ4n) is 1.70. The fraction of sp³-hybridized carbons (Fsp3) is 0.231. The number of aromatic amines is 1. The molecule has 0 atom stereocenters. The van der Waals surface area contributed by atoms with Crippen molar-refractivity contribution in [3.05, 3.63) is 47.0 Å². The van der Waals surface area contributed by atoms with Crippen molar-refractivity contribution in [2.75, 3.05) is 6.54 Å². The first-order valence-electron chi connectivity index (χ1n) is 5.88. The second-order valence-corrected chi connectivity index (χ2v) is 4.29. The predicted molar refractivity (Wildman–Crippen MR) is 73.6 cm³/mol. The molecule has 2 N–H and O–H groups in total. The summed E-state index contributed by atoms with van der Waals surface area (Å²) in [5.41, 5.74) is 1.41. The number of hydrogen-bond donors (Lipinski definition) is 2. The van der Waals surface area contributed by atoms with Crippen LogP contribution in [0.25, 0.3) is 5.69 Å². The summed E-state index contributed by atoms with van der Waals surface area (Å²) in [6.07, 6.45) is 2.54. The van der Waals surface area contributed by atoms with Crippen molar-refractivity contribution in [1.29, 1.82) is 0 Å². The zero-order chi connectivity index (χ0) is 13.0. The molecule has 0 unspecified atom stereocenters. The molecule has 0 aliphatic carbocycles. The van der Waals surface area contributed by atoms with Crippen LogP contribution in [0.4, 0.5) is 0 Å². The SMILES string of the molecule is CCCNC(=O)c1c[nH]c(=S)n1-c1ccccc1. The van der Waals surface area contributed by atoms with Crippen molar-refractivity contribution >= 4 is 18.1 Å². The van der Waals surface area contributed by atoms with Crippen molar-refractivity contribution in [2.24, 2.45) is 0 Å². The smallest absolute Gasteiger partial charge is 0.269 e. The topological polar surface area (TPSA) is 49.8 Å². The molecule has 0 radical (unpaired) electrons. The largest absolute Gasteiger partial charge is 0.351 e. The first-order chi connectivity index (χ1) is 8.74. The highest BCUT2D eigenvalue weighted by atomic mass is 32.1. The third-order valence-corrected chi connectivity index (χ3v) is 2.86. The standard InChI is InChI=1S/C13H15N3OS/c1-2-8-14-12(17)11-9-15-13(18)16(11)10-6-4-3-5-7-10/h3-7,9H,2,8H2,1H3,(H,14,17)(H,15,18). The van der Waals surface area contributed by atoms with E-state index in [1.165, 1.54) is 0 Å². The Hall–Kier alpha value is -1.88. The van der Waals surface area contributed by atoms with Crippen LogP contribution in [0.5, 0.6) is 0 Å². The first-order valence-corrected chi connectivity index (χ1v) is 6.29. The molecule has 94 valence electrons. The molecule has 4 nitrogen and oxygen atoms in total. The third kappa shape index (κ3) is 2.51. The van der Waals surface area contributed by atoms with Gasteiger partial charge in [0.05, 0.1) is 0 Å². The van der Waals surface area contributed by atoms with Gasteiger partial charge in [-0.1, -0.05) is 25.1 Å². The number of H-pyrrole nitrogens is 1. The number of amides is 1. The Labute approximate surface area is 111 Å². The molecule has 1 aromatic heterocycles. The molecule has 0 aliphatic heterocycles. The highest BCUT2D eigenvalue weighted by Crippen LogP contribution is 2.12. The van der Waals surface area contributed by atoms with Gasteiger partial charge in [0.25, 0.3) is 5.91 Å². The Balaban J connectivity index is 2.40. The number of carbonyl (C=O) groups excluding carboxylic acids is 1. The summed E-state index contributed by atoms with van der Waals surface area (Å²) >= 11 is 5.21. The van der Waals surface area contributed by atoms with Gasteiger partial charge < -0.3 is 10.3 Å². The second kappa shape index (κ2) is 5.64. The van der Waals surface area contributed by atoms with E-state index < -0.39 is 0 Å². The highest BCUT2D eigenvalue weighted by molar-refractivity contribution is 7.71. The number of para-hydroxylation sites is 1. The van der Waals surface area contributed by atoms with Gasteiger partial charge in [-0.25, -0.2) is 0 Å². The maximum atomic E-state index is 12.0. The molecule has 0 bridgehead atoms. The van der Waals surface area contributed by atoms with Gasteiger partial charge >= 0.3 is 0 Å². The molecule has 2 aromatic rings. The number of carbonyl (C=O) groups is 1. The zero-order valence-corrected chi connectivity index (χ0v) is 11.0. The van der Waals surface area contributed by atoms with Gasteiger partial charge in [0, 0.05) is 18.4 Å². The van der Waals surface area contributed by atoms with E-state index >= 15 is 0 Å². The van der Waals surface area contributed by atoms with Crippen LogP contribution < -0.4 is 5.32 Å². The molecule has 5 heteroatoms. The normalized spacial score (nSPS) is 10.3. The van der Waals surface area contributed by atoms with E-state index in [1.54, 1.807) is 10.8 Å². The predicted octanol–water partition coefficient (Wildman–Crippen LogP) is 2.67. The van der Waals surface area contributed by atoms with Gasteiger partial charge in [-0.2, -0.15) is 0 Å². The molecule has 1 aromatic carbocycles. The molecule has 0 aliphatic rings. The Morgan fingerprint density at radius 1 is 1.39 bits per heavy atom. The maximum Gasteiger partial charge on any atom is 0.269 e. The van der Waals surface area contributed by atoms with E-state index in [4.69, 9.17) is 12.2 Å². The van der Waals surface area contributed by atoms with E-state index in [9.17, 15) is 4.79 Å². The zero-order valence-electron chi connectivity index (χ0n) is 10.1. The van der Waals surface area contributed by atoms with Crippen LogP contribution in [0.1, 0.15) is 23.8 Å². The summed E-state index contributed by atoms with van der Waals surface area (Å²) in [7, 11) is 0. The minimum atomic E-state index is -0.118. The average Bonchev–Trinajstić information content (AvgIpc) is 2.79. The molecule has 18 heavy (non-hydrogen) atoms.